The summed E-state index contributed by atoms with van der Waals surface area (Å²) in [6, 6.07) is 8.69. The van der Waals surface area contributed by atoms with Crippen LogP contribution in [0.3, 0.4) is 0 Å². The molecule has 0 radical (unpaired) electrons. The van der Waals surface area contributed by atoms with Crippen molar-refractivity contribution >= 4 is 5.91 Å². The second-order valence-electron chi connectivity index (χ2n) is 6.64. The summed E-state index contributed by atoms with van der Waals surface area (Å²) in [4.78, 5) is 16.6. The van der Waals surface area contributed by atoms with Crippen molar-refractivity contribution in [1.82, 2.24) is 15.1 Å². The Bertz CT molecular complexity index is 563. The van der Waals surface area contributed by atoms with Crippen LogP contribution in [0.4, 0.5) is 0 Å². The molecule has 1 saturated carbocycles. The molecule has 1 aromatic carbocycles. The van der Waals surface area contributed by atoms with Crippen LogP contribution in [0.2, 0.25) is 0 Å². The van der Waals surface area contributed by atoms with E-state index in [2.05, 4.69) is 33.8 Å². The average Bonchev–Trinajstić information content (AvgIpc) is 3.39. The molecule has 130 valence electrons. The molecule has 1 aliphatic carbocycles. The predicted molar refractivity (Wildman–Crippen MR) is 95.0 cm³/mol. The van der Waals surface area contributed by atoms with E-state index in [4.69, 9.17) is 4.74 Å². The van der Waals surface area contributed by atoms with Gasteiger partial charge >= 0.3 is 0 Å². The number of rotatable bonds is 8. The molecule has 2 fully saturated rings. The van der Waals surface area contributed by atoms with E-state index in [1.54, 1.807) is 6.08 Å². The molecule has 0 bridgehead atoms. The fourth-order valence-corrected chi connectivity index (χ4v) is 2.96. The van der Waals surface area contributed by atoms with Gasteiger partial charge in [0.1, 0.15) is 12.4 Å². The van der Waals surface area contributed by atoms with Crippen LogP contribution in [0.1, 0.15) is 18.4 Å². The van der Waals surface area contributed by atoms with Gasteiger partial charge in [-0.05, 0) is 30.5 Å². The van der Waals surface area contributed by atoms with Gasteiger partial charge in [0.05, 0.1) is 6.54 Å². The van der Waals surface area contributed by atoms with Crippen molar-refractivity contribution in [3.8, 4) is 5.75 Å². The minimum absolute atomic E-state index is 0.179. The normalized spacial score (nSPS) is 19.0. The van der Waals surface area contributed by atoms with Crippen LogP contribution in [-0.4, -0.2) is 61.1 Å². The highest BCUT2D eigenvalue weighted by Gasteiger charge is 2.25. The first-order chi connectivity index (χ1) is 11.7. The summed E-state index contributed by atoms with van der Waals surface area (Å²) >= 11 is 0. The zero-order valence-electron chi connectivity index (χ0n) is 14.2. The van der Waals surface area contributed by atoms with E-state index in [0.29, 0.717) is 19.2 Å². The second-order valence-corrected chi connectivity index (χ2v) is 6.64. The molecule has 0 unspecified atom stereocenters. The Balaban J connectivity index is 1.41. The zero-order valence-corrected chi connectivity index (χ0v) is 14.2. The summed E-state index contributed by atoms with van der Waals surface area (Å²) in [7, 11) is 0. The van der Waals surface area contributed by atoms with E-state index in [0.717, 1.165) is 51.3 Å². The summed E-state index contributed by atoms with van der Waals surface area (Å²) in [6.07, 6.45) is 4.05. The van der Waals surface area contributed by atoms with Crippen molar-refractivity contribution in [2.45, 2.75) is 25.4 Å². The molecule has 5 heteroatoms. The summed E-state index contributed by atoms with van der Waals surface area (Å²) in [5, 5.41) is 3.06. The van der Waals surface area contributed by atoms with Crippen LogP contribution >= 0.6 is 0 Å². The van der Waals surface area contributed by atoms with Crippen molar-refractivity contribution in [3.63, 3.8) is 0 Å². The lowest BCUT2D eigenvalue weighted by Crippen LogP contribution is -2.49. The number of hydrogen-bond acceptors (Lipinski definition) is 4. The number of benzene rings is 1. The number of carbonyl (C=O) groups is 1. The first-order valence-corrected chi connectivity index (χ1v) is 8.79. The molecule has 0 spiro atoms. The van der Waals surface area contributed by atoms with Crippen LogP contribution in [0.25, 0.3) is 0 Å². The minimum atomic E-state index is 0.179. The molecule has 1 amide bonds. The molecule has 24 heavy (non-hydrogen) atoms. The molecule has 2 aliphatic rings. The third-order valence-corrected chi connectivity index (χ3v) is 4.45. The van der Waals surface area contributed by atoms with E-state index in [1.165, 1.54) is 5.56 Å². The Morgan fingerprint density at radius 2 is 2.00 bits per heavy atom. The Hall–Kier alpha value is -1.85. The first kappa shape index (κ1) is 17.0. The predicted octanol–water partition coefficient (Wildman–Crippen LogP) is 1.65. The molecule has 1 saturated heterocycles. The third kappa shape index (κ3) is 5.35. The number of nitrogens with zero attached hydrogens (tertiary/aromatic N) is 2. The summed E-state index contributed by atoms with van der Waals surface area (Å²) in [5.41, 5.74) is 1.26. The van der Waals surface area contributed by atoms with E-state index in [9.17, 15) is 4.79 Å². The lowest BCUT2D eigenvalue weighted by Gasteiger charge is -2.34. The Kier molecular flexibility index (Phi) is 5.88. The largest absolute Gasteiger partial charge is 0.490 e. The topological polar surface area (TPSA) is 44.8 Å². The van der Waals surface area contributed by atoms with Crippen molar-refractivity contribution in [1.29, 1.82) is 0 Å². The molecule has 1 heterocycles. The van der Waals surface area contributed by atoms with Gasteiger partial charge in [-0.3, -0.25) is 14.6 Å². The lowest BCUT2D eigenvalue weighted by molar-refractivity contribution is -0.122. The number of carbonyl (C=O) groups excluding carboxylic acids is 1. The fraction of sp³-hybridized carbons (Fsp3) is 0.526. The number of amides is 1. The average molecular weight is 329 g/mol. The number of nitrogens with one attached hydrogen (secondary N) is 1. The maximum atomic E-state index is 11.9. The van der Waals surface area contributed by atoms with Gasteiger partial charge < -0.3 is 10.1 Å². The number of hydrogen-bond donors (Lipinski definition) is 1. The van der Waals surface area contributed by atoms with Gasteiger partial charge in [-0.15, -0.1) is 0 Å². The Labute approximate surface area is 144 Å². The van der Waals surface area contributed by atoms with Crippen molar-refractivity contribution < 1.29 is 9.53 Å². The van der Waals surface area contributed by atoms with E-state index < -0.39 is 0 Å². The van der Waals surface area contributed by atoms with Gasteiger partial charge in [0, 0.05) is 38.8 Å². The molecular weight excluding hydrogens is 302 g/mol. The summed E-state index contributed by atoms with van der Waals surface area (Å²) < 4.78 is 5.59. The monoisotopic (exact) mass is 329 g/mol. The quantitative estimate of drug-likeness (QED) is 0.737. The standard InChI is InChI=1S/C19H27N3O2/c1-2-12-24-18-5-3-4-16(13-18)14-21-8-10-22(11-9-21)15-19(23)20-17-6-7-17/h2-5,13,17H,1,6-12,14-15H2,(H,20,23). The highest BCUT2D eigenvalue weighted by atomic mass is 16.5. The van der Waals surface area contributed by atoms with Gasteiger partial charge in [-0.25, -0.2) is 0 Å². The first-order valence-electron chi connectivity index (χ1n) is 8.79. The van der Waals surface area contributed by atoms with Crippen molar-refractivity contribution in [2.24, 2.45) is 0 Å². The summed E-state index contributed by atoms with van der Waals surface area (Å²) in [5.74, 6) is 1.07. The fourth-order valence-electron chi connectivity index (χ4n) is 2.96. The van der Waals surface area contributed by atoms with Gasteiger partial charge in [0.15, 0.2) is 0 Å². The van der Waals surface area contributed by atoms with Gasteiger partial charge in [-0.2, -0.15) is 0 Å². The maximum Gasteiger partial charge on any atom is 0.234 e. The second kappa shape index (κ2) is 8.31. The molecule has 3 rings (SSSR count). The smallest absolute Gasteiger partial charge is 0.234 e. The molecule has 5 nitrogen and oxygen atoms in total. The zero-order chi connectivity index (χ0) is 16.8. The molecule has 0 atom stereocenters. The van der Waals surface area contributed by atoms with E-state index >= 15 is 0 Å². The molecule has 1 aromatic rings. The van der Waals surface area contributed by atoms with E-state index in [-0.39, 0.29) is 5.91 Å². The SMILES string of the molecule is C=CCOc1cccc(CN2CCN(CC(=O)NC3CC3)CC2)c1. The van der Waals surface area contributed by atoms with Gasteiger partial charge in [0.2, 0.25) is 5.91 Å². The van der Waals surface area contributed by atoms with Crippen LogP contribution in [0, 0.1) is 0 Å². The molecule has 1 aliphatic heterocycles. The van der Waals surface area contributed by atoms with Crippen LogP contribution < -0.4 is 10.1 Å². The van der Waals surface area contributed by atoms with Crippen LogP contribution in [-0.2, 0) is 11.3 Å². The Morgan fingerprint density at radius 1 is 1.25 bits per heavy atom. The number of piperazine rings is 1. The molecular formula is C19H27N3O2. The highest BCUT2D eigenvalue weighted by molar-refractivity contribution is 5.78. The molecule has 0 aromatic heterocycles. The number of ether oxygens (including phenoxy) is 1. The Morgan fingerprint density at radius 3 is 2.71 bits per heavy atom. The molecule has 1 N–H and O–H groups in total. The maximum absolute atomic E-state index is 11.9. The van der Waals surface area contributed by atoms with Crippen molar-refractivity contribution in [2.75, 3.05) is 39.3 Å². The van der Waals surface area contributed by atoms with Crippen LogP contribution in [0.5, 0.6) is 5.75 Å². The highest BCUT2D eigenvalue weighted by Crippen LogP contribution is 2.18. The summed E-state index contributed by atoms with van der Waals surface area (Å²) in [6.45, 7) is 9.55. The van der Waals surface area contributed by atoms with Gasteiger partial charge in [0.25, 0.3) is 0 Å². The van der Waals surface area contributed by atoms with Gasteiger partial charge in [-0.1, -0.05) is 24.8 Å². The minimum Gasteiger partial charge on any atom is -0.490 e. The lowest BCUT2D eigenvalue weighted by atomic mass is 10.2. The third-order valence-electron chi connectivity index (χ3n) is 4.45. The van der Waals surface area contributed by atoms with E-state index in [1.807, 2.05) is 12.1 Å². The van der Waals surface area contributed by atoms with Crippen LogP contribution in [0.15, 0.2) is 36.9 Å². The van der Waals surface area contributed by atoms with Crippen molar-refractivity contribution in [3.05, 3.63) is 42.5 Å².